The number of likely N-dealkylation sites (tertiary alicyclic amines) is 1. The summed E-state index contributed by atoms with van der Waals surface area (Å²) in [6, 6.07) is 0.00981. The van der Waals surface area contributed by atoms with Gasteiger partial charge in [0.1, 0.15) is 0 Å². The number of halogens is 1. The first-order valence-electron chi connectivity index (χ1n) is 5.42. The summed E-state index contributed by atoms with van der Waals surface area (Å²) in [7, 11) is 1.77. The van der Waals surface area contributed by atoms with Gasteiger partial charge in [0.15, 0.2) is 0 Å². The zero-order chi connectivity index (χ0) is 10.8. The van der Waals surface area contributed by atoms with Crippen LogP contribution in [0.5, 0.6) is 0 Å². The van der Waals surface area contributed by atoms with Crippen LogP contribution in [0.4, 0.5) is 0 Å². The van der Waals surface area contributed by atoms with E-state index in [1.165, 1.54) is 0 Å². The van der Waals surface area contributed by atoms with Crippen LogP contribution < -0.4 is 10.6 Å². The molecule has 0 aliphatic carbocycles. The molecule has 0 bridgehead atoms. The number of nitrogens with one attached hydrogen (secondary N) is 2. The lowest BCUT2D eigenvalue weighted by Gasteiger charge is -2.15. The van der Waals surface area contributed by atoms with Crippen molar-refractivity contribution in [3.05, 3.63) is 0 Å². The molecule has 5 nitrogen and oxygen atoms in total. The van der Waals surface area contributed by atoms with Crippen LogP contribution in [-0.2, 0) is 9.59 Å². The Labute approximate surface area is 101 Å². The van der Waals surface area contributed by atoms with Crippen LogP contribution in [0.2, 0.25) is 0 Å². The second-order valence-corrected chi connectivity index (χ2v) is 4.37. The third-order valence-corrected chi connectivity index (χ3v) is 3.12. The zero-order valence-electron chi connectivity index (χ0n) is 9.36. The summed E-state index contributed by atoms with van der Waals surface area (Å²) >= 11 is 0. The molecule has 92 valence electrons. The second kappa shape index (κ2) is 5.50. The topological polar surface area (TPSA) is 61.4 Å². The van der Waals surface area contributed by atoms with E-state index in [1.54, 1.807) is 11.9 Å². The van der Waals surface area contributed by atoms with E-state index in [4.69, 9.17) is 0 Å². The van der Waals surface area contributed by atoms with Gasteiger partial charge in [0.25, 0.3) is 0 Å². The molecule has 2 aliphatic heterocycles. The second-order valence-electron chi connectivity index (χ2n) is 4.37. The Morgan fingerprint density at radius 2 is 2.31 bits per heavy atom. The molecule has 0 radical (unpaired) electrons. The van der Waals surface area contributed by atoms with Gasteiger partial charge in [0.2, 0.25) is 11.8 Å². The highest BCUT2D eigenvalue weighted by Gasteiger charge is 2.30. The van der Waals surface area contributed by atoms with Crippen molar-refractivity contribution in [2.24, 2.45) is 5.92 Å². The quantitative estimate of drug-likeness (QED) is 0.683. The van der Waals surface area contributed by atoms with Crippen LogP contribution in [0, 0.1) is 5.92 Å². The number of nitrogens with zero attached hydrogens (tertiary/aromatic N) is 1. The lowest BCUT2D eigenvalue weighted by Crippen LogP contribution is -2.40. The Hall–Kier alpha value is -0.810. The van der Waals surface area contributed by atoms with Gasteiger partial charge in [0.05, 0.1) is 12.0 Å². The van der Waals surface area contributed by atoms with Crippen LogP contribution >= 0.6 is 12.4 Å². The van der Waals surface area contributed by atoms with E-state index in [2.05, 4.69) is 10.6 Å². The van der Waals surface area contributed by atoms with Gasteiger partial charge in [-0.05, 0) is 13.0 Å². The summed E-state index contributed by atoms with van der Waals surface area (Å²) in [5, 5.41) is 6.10. The molecular weight excluding hydrogens is 230 g/mol. The van der Waals surface area contributed by atoms with E-state index in [1.807, 2.05) is 0 Å². The van der Waals surface area contributed by atoms with Crippen molar-refractivity contribution in [1.29, 1.82) is 0 Å². The fourth-order valence-corrected chi connectivity index (χ4v) is 2.16. The first kappa shape index (κ1) is 13.3. The van der Waals surface area contributed by atoms with Crippen LogP contribution in [0.1, 0.15) is 12.8 Å². The van der Waals surface area contributed by atoms with Crippen molar-refractivity contribution in [3.8, 4) is 0 Å². The molecule has 2 fully saturated rings. The number of carbonyl (C=O) groups is 2. The molecule has 0 aromatic heterocycles. The molecule has 0 aromatic carbocycles. The summed E-state index contributed by atoms with van der Waals surface area (Å²) in [6.45, 7) is 2.33. The molecule has 0 aromatic rings. The highest BCUT2D eigenvalue weighted by atomic mass is 35.5. The van der Waals surface area contributed by atoms with E-state index < -0.39 is 0 Å². The van der Waals surface area contributed by atoms with E-state index in [0.29, 0.717) is 13.0 Å². The molecule has 16 heavy (non-hydrogen) atoms. The van der Waals surface area contributed by atoms with Gasteiger partial charge < -0.3 is 15.5 Å². The largest absolute Gasteiger partial charge is 0.351 e. The lowest BCUT2D eigenvalue weighted by molar-refractivity contribution is -0.126. The lowest BCUT2D eigenvalue weighted by atomic mass is 10.1. The maximum atomic E-state index is 11.7. The number of hydrogen-bond acceptors (Lipinski definition) is 3. The van der Waals surface area contributed by atoms with Gasteiger partial charge >= 0.3 is 0 Å². The van der Waals surface area contributed by atoms with Crippen molar-refractivity contribution in [3.63, 3.8) is 0 Å². The number of hydrogen-bond donors (Lipinski definition) is 2. The summed E-state index contributed by atoms with van der Waals surface area (Å²) in [5.41, 5.74) is 0. The molecule has 0 spiro atoms. The summed E-state index contributed by atoms with van der Waals surface area (Å²) in [6.07, 6.45) is 1.35. The summed E-state index contributed by atoms with van der Waals surface area (Å²) < 4.78 is 0. The molecule has 2 rings (SSSR count). The Morgan fingerprint density at radius 3 is 2.81 bits per heavy atom. The monoisotopic (exact) mass is 247 g/mol. The smallest absolute Gasteiger partial charge is 0.224 e. The molecule has 2 amide bonds. The third-order valence-electron chi connectivity index (χ3n) is 3.12. The molecule has 2 atom stereocenters. The number of likely N-dealkylation sites (N-methyl/N-ethyl adjacent to an activating group) is 1. The van der Waals surface area contributed by atoms with Gasteiger partial charge in [0, 0.05) is 26.6 Å². The summed E-state index contributed by atoms with van der Waals surface area (Å²) in [5.74, 6) is 0.295. The maximum absolute atomic E-state index is 11.7. The van der Waals surface area contributed by atoms with Gasteiger partial charge in [-0.1, -0.05) is 0 Å². The van der Waals surface area contributed by atoms with Gasteiger partial charge in [-0.15, -0.1) is 12.4 Å². The predicted molar refractivity (Wildman–Crippen MR) is 62.4 cm³/mol. The average Bonchev–Trinajstić information content (AvgIpc) is 2.77. The van der Waals surface area contributed by atoms with E-state index in [-0.39, 0.29) is 36.2 Å². The Bertz CT molecular complexity index is 279. The highest BCUT2D eigenvalue weighted by Crippen LogP contribution is 2.12. The van der Waals surface area contributed by atoms with Crippen molar-refractivity contribution in [2.75, 3.05) is 26.7 Å². The van der Waals surface area contributed by atoms with E-state index in [0.717, 1.165) is 19.5 Å². The van der Waals surface area contributed by atoms with E-state index >= 15 is 0 Å². The minimum Gasteiger partial charge on any atom is -0.351 e. The van der Waals surface area contributed by atoms with Crippen LogP contribution in [0.25, 0.3) is 0 Å². The van der Waals surface area contributed by atoms with Gasteiger partial charge in [-0.3, -0.25) is 9.59 Å². The Morgan fingerprint density at radius 1 is 1.56 bits per heavy atom. The normalized spacial score (nSPS) is 29.1. The predicted octanol–water partition coefficient (Wildman–Crippen LogP) is -0.635. The Balaban J connectivity index is 0.00000128. The van der Waals surface area contributed by atoms with Gasteiger partial charge in [-0.2, -0.15) is 0 Å². The maximum Gasteiger partial charge on any atom is 0.224 e. The van der Waals surface area contributed by atoms with Crippen LogP contribution in [0.15, 0.2) is 0 Å². The zero-order valence-corrected chi connectivity index (χ0v) is 10.2. The van der Waals surface area contributed by atoms with E-state index in [9.17, 15) is 9.59 Å². The Kier molecular flexibility index (Phi) is 4.56. The number of amides is 2. The highest BCUT2D eigenvalue weighted by molar-refractivity contribution is 5.85. The molecule has 1 unspecified atom stereocenters. The van der Waals surface area contributed by atoms with Crippen molar-refractivity contribution in [1.82, 2.24) is 15.5 Å². The molecule has 2 aliphatic rings. The molecule has 6 heteroatoms. The SMILES string of the molecule is CN1CC(NC(=O)[C@H]2CCNC2)CC1=O.Cl. The van der Waals surface area contributed by atoms with Crippen LogP contribution in [0.3, 0.4) is 0 Å². The first-order valence-corrected chi connectivity index (χ1v) is 5.42. The van der Waals surface area contributed by atoms with Gasteiger partial charge in [-0.25, -0.2) is 0 Å². The minimum absolute atomic E-state index is 0. The molecule has 2 N–H and O–H groups in total. The third kappa shape index (κ3) is 2.86. The molecule has 2 saturated heterocycles. The van der Waals surface area contributed by atoms with Crippen molar-refractivity contribution in [2.45, 2.75) is 18.9 Å². The fourth-order valence-electron chi connectivity index (χ4n) is 2.16. The summed E-state index contributed by atoms with van der Waals surface area (Å²) in [4.78, 5) is 24.6. The van der Waals surface area contributed by atoms with Crippen LogP contribution in [-0.4, -0.2) is 49.4 Å². The molecule has 2 heterocycles. The minimum atomic E-state index is 0. The standard InChI is InChI=1S/C10H17N3O2.ClH/c1-13-6-8(4-9(13)14)12-10(15)7-2-3-11-5-7;/h7-8,11H,2-6H2,1H3,(H,12,15);1H/t7-,8?;/m0./s1. The van der Waals surface area contributed by atoms with Crippen molar-refractivity contribution < 1.29 is 9.59 Å². The molecule has 0 saturated carbocycles. The first-order chi connectivity index (χ1) is 7.16. The van der Waals surface area contributed by atoms with Crippen molar-refractivity contribution >= 4 is 24.2 Å². The molecular formula is C10H18ClN3O2. The number of rotatable bonds is 2. The average molecular weight is 248 g/mol. The number of carbonyl (C=O) groups excluding carboxylic acids is 2. The fraction of sp³-hybridized carbons (Fsp3) is 0.800.